The maximum atomic E-state index is 12.2. The summed E-state index contributed by atoms with van der Waals surface area (Å²) in [4.78, 5) is 14.7. The van der Waals surface area contributed by atoms with Crippen molar-refractivity contribution in [1.82, 2.24) is 4.90 Å². The molecule has 1 aliphatic heterocycles. The minimum atomic E-state index is 0.00804. The highest BCUT2D eigenvalue weighted by atomic mass is 79.9. The van der Waals surface area contributed by atoms with E-state index in [-0.39, 0.29) is 18.6 Å². The summed E-state index contributed by atoms with van der Waals surface area (Å²) in [6.07, 6.45) is 1.90. The van der Waals surface area contributed by atoms with Crippen molar-refractivity contribution in [3.05, 3.63) is 20.3 Å². The number of hydrogen-bond acceptors (Lipinski definition) is 3. The van der Waals surface area contributed by atoms with E-state index < -0.39 is 0 Å². The first-order valence-electron chi connectivity index (χ1n) is 5.31. The molecule has 2 rings (SSSR count). The normalized spacial score (nSPS) is 20.4. The zero-order valence-corrected chi connectivity index (χ0v) is 11.5. The molecule has 0 aromatic carbocycles. The topological polar surface area (TPSA) is 40.5 Å². The molecule has 1 saturated heterocycles. The average molecular weight is 304 g/mol. The molecular formula is C11H14BrNO2S. The first-order valence-corrected chi connectivity index (χ1v) is 6.92. The monoisotopic (exact) mass is 303 g/mol. The van der Waals surface area contributed by atoms with Gasteiger partial charge in [-0.15, -0.1) is 11.3 Å². The molecule has 1 N–H and O–H groups in total. The van der Waals surface area contributed by atoms with Crippen LogP contribution in [0.1, 0.15) is 28.1 Å². The Bertz CT molecular complexity index is 385. The van der Waals surface area contributed by atoms with Gasteiger partial charge in [0, 0.05) is 6.54 Å². The Kier molecular flexibility index (Phi) is 3.66. The Morgan fingerprint density at radius 2 is 2.50 bits per heavy atom. The predicted octanol–water partition coefficient (Wildman–Crippen LogP) is 2.42. The van der Waals surface area contributed by atoms with Crippen LogP contribution in [0, 0.1) is 6.92 Å². The first kappa shape index (κ1) is 12.1. The van der Waals surface area contributed by atoms with Crippen molar-refractivity contribution in [2.24, 2.45) is 0 Å². The summed E-state index contributed by atoms with van der Waals surface area (Å²) in [5, 5.41) is 9.19. The van der Waals surface area contributed by atoms with Crippen molar-refractivity contribution in [3.63, 3.8) is 0 Å². The van der Waals surface area contributed by atoms with Gasteiger partial charge in [0.05, 0.1) is 21.3 Å². The first-order chi connectivity index (χ1) is 7.63. The molecule has 1 atom stereocenters. The Hall–Kier alpha value is -0.390. The van der Waals surface area contributed by atoms with Crippen LogP contribution in [-0.2, 0) is 0 Å². The second-order valence-electron chi connectivity index (χ2n) is 4.04. The summed E-state index contributed by atoms with van der Waals surface area (Å²) in [5.74, 6) is 0.0513. The number of amides is 1. The summed E-state index contributed by atoms with van der Waals surface area (Å²) >= 11 is 4.89. The largest absolute Gasteiger partial charge is 0.394 e. The maximum Gasteiger partial charge on any atom is 0.264 e. The van der Waals surface area contributed by atoms with E-state index in [1.807, 2.05) is 13.0 Å². The lowest BCUT2D eigenvalue weighted by atomic mass is 10.2. The van der Waals surface area contributed by atoms with E-state index >= 15 is 0 Å². The predicted molar refractivity (Wildman–Crippen MR) is 67.9 cm³/mol. The molecular weight excluding hydrogens is 290 g/mol. The van der Waals surface area contributed by atoms with Crippen LogP contribution in [-0.4, -0.2) is 35.1 Å². The summed E-state index contributed by atoms with van der Waals surface area (Å²) in [7, 11) is 0. The molecule has 1 aromatic heterocycles. The van der Waals surface area contributed by atoms with E-state index in [0.717, 1.165) is 33.6 Å². The lowest BCUT2D eigenvalue weighted by Gasteiger charge is -2.22. The number of rotatable bonds is 2. The Labute approximate surface area is 107 Å². The van der Waals surface area contributed by atoms with Gasteiger partial charge >= 0.3 is 0 Å². The Morgan fingerprint density at radius 1 is 1.75 bits per heavy atom. The van der Waals surface area contributed by atoms with Crippen LogP contribution < -0.4 is 0 Å². The van der Waals surface area contributed by atoms with Gasteiger partial charge in [-0.25, -0.2) is 0 Å². The molecule has 88 valence electrons. The highest BCUT2D eigenvalue weighted by Gasteiger charge is 2.29. The number of nitrogens with zero attached hydrogens (tertiary/aromatic N) is 1. The van der Waals surface area contributed by atoms with E-state index in [9.17, 15) is 9.90 Å². The lowest BCUT2D eigenvalue weighted by molar-refractivity contribution is 0.0682. The third-order valence-corrected chi connectivity index (χ3v) is 5.04. The van der Waals surface area contributed by atoms with Gasteiger partial charge in [-0.2, -0.15) is 0 Å². The van der Waals surface area contributed by atoms with Gasteiger partial charge in [-0.05, 0) is 47.3 Å². The van der Waals surface area contributed by atoms with Crippen molar-refractivity contribution < 1.29 is 9.90 Å². The number of hydrogen-bond donors (Lipinski definition) is 1. The van der Waals surface area contributed by atoms with E-state index in [1.165, 1.54) is 11.3 Å². The second kappa shape index (κ2) is 4.85. The lowest BCUT2D eigenvalue weighted by Crippen LogP contribution is -2.37. The number of halogens is 1. The highest BCUT2D eigenvalue weighted by Crippen LogP contribution is 2.30. The fourth-order valence-corrected chi connectivity index (χ4v) is 3.49. The van der Waals surface area contributed by atoms with Crippen molar-refractivity contribution in [2.75, 3.05) is 13.2 Å². The van der Waals surface area contributed by atoms with E-state index in [4.69, 9.17) is 0 Å². The number of aryl methyl sites for hydroxylation is 1. The van der Waals surface area contributed by atoms with Gasteiger partial charge in [-0.1, -0.05) is 0 Å². The molecule has 0 radical (unpaired) electrons. The molecule has 0 unspecified atom stereocenters. The molecule has 0 bridgehead atoms. The standard InChI is InChI=1S/C11H14BrNO2S/c1-7-5-9(16-10(7)12)11(15)13-4-2-3-8(13)6-14/h5,8,14H,2-4,6H2,1H3/t8-/m0/s1. The molecule has 1 aliphatic rings. The number of aliphatic hydroxyl groups is 1. The zero-order chi connectivity index (χ0) is 11.7. The van der Waals surface area contributed by atoms with E-state index in [1.54, 1.807) is 4.90 Å². The molecule has 1 amide bonds. The number of aliphatic hydroxyl groups excluding tert-OH is 1. The molecule has 5 heteroatoms. The minimum Gasteiger partial charge on any atom is -0.394 e. The quantitative estimate of drug-likeness (QED) is 0.911. The fourth-order valence-electron chi connectivity index (χ4n) is 2.00. The molecule has 2 heterocycles. The molecule has 3 nitrogen and oxygen atoms in total. The van der Waals surface area contributed by atoms with Crippen LogP contribution in [0.2, 0.25) is 0 Å². The van der Waals surface area contributed by atoms with Gasteiger partial charge < -0.3 is 10.0 Å². The summed E-state index contributed by atoms with van der Waals surface area (Å²) in [6, 6.07) is 1.91. The molecule has 1 aromatic rings. The SMILES string of the molecule is Cc1cc(C(=O)N2CCC[C@H]2CO)sc1Br. The fraction of sp³-hybridized carbons (Fsp3) is 0.545. The number of carbonyl (C=O) groups excluding carboxylic acids is 1. The summed E-state index contributed by atoms with van der Waals surface area (Å²) in [6.45, 7) is 2.81. The van der Waals surface area contributed by atoms with Crippen molar-refractivity contribution in [3.8, 4) is 0 Å². The Balaban J connectivity index is 2.18. The van der Waals surface area contributed by atoms with Crippen LogP contribution in [0.25, 0.3) is 0 Å². The number of carbonyl (C=O) groups is 1. The second-order valence-corrected chi connectivity index (χ2v) is 6.41. The molecule has 1 fully saturated rings. The summed E-state index contributed by atoms with van der Waals surface area (Å²) < 4.78 is 1.01. The third-order valence-electron chi connectivity index (χ3n) is 2.92. The van der Waals surface area contributed by atoms with Crippen molar-refractivity contribution in [1.29, 1.82) is 0 Å². The van der Waals surface area contributed by atoms with Gasteiger partial charge in [-0.3, -0.25) is 4.79 Å². The van der Waals surface area contributed by atoms with Crippen LogP contribution in [0.5, 0.6) is 0 Å². The minimum absolute atomic E-state index is 0.00804. The van der Waals surface area contributed by atoms with Gasteiger partial charge in [0.25, 0.3) is 5.91 Å². The Morgan fingerprint density at radius 3 is 3.06 bits per heavy atom. The van der Waals surface area contributed by atoms with Crippen molar-refractivity contribution in [2.45, 2.75) is 25.8 Å². The number of likely N-dealkylation sites (tertiary alicyclic amines) is 1. The third kappa shape index (κ3) is 2.17. The number of thiophene rings is 1. The molecule has 0 aliphatic carbocycles. The summed E-state index contributed by atoms with van der Waals surface area (Å²) in [5.41, 5.74) is 1.09. The average Bonchev–Trinajstić information content (AvgIpc) is 2.85. The van der Waals surface area contributed by atoms with Gasteiger partial charge in [0.15, 0.2) is 0 Å². The molecule has 0 spiro atoms. The molecule has 0 saturated carbocycles. The van der Waals surface area contributed by atoms with Gasteiger partial charge in [0.2, 0.25) is 0 Å². The van der Waals surface area contributed by atoms with E-state index in [2.05, 4.69) is 15.9 Å². The van der Waals surface area contributed by atoms with E-state index in [0.29, 0.717) is 0 Å². The van der Waals surface area contributed by atoms with Crippen LogP contribution in [0.3, 0.4) is 0 Å². The molecule has 16 heavy (non-hydrogen) atoms. The van der Waals surface area contributed by atoms with Crippen LogP contribution in [0.15, 0.2) is 9.85 Å². The van der Waals surface area contributed by atoms with Crippen molar-refractivity contribution >= 4 is 33.2 Å². The maximum absolute atomic E-state index is 12.2. The highest BCUT2D eigenvalue weighted by molar-refractivity contribution is 9.11. The smallest absolute Gasteiger partial charge is 0.264 e. The van der Waals surface area contributed by atoms with Crippen LogP contribution >= 0.6 is 27.3 Å². The zero-order valence-electron chi connectivity index (χ0n) is 9.07. The van der Waals surface area contributed by atoms with Crippen LogP contribution in [0.4, 0.5) is 0 Å². The van der Waals surface area contributed by atoms with Gasteiger partial charge in [0.1, 0.15) is 0 Å².